The minimum atomic E-state index is -1.04. The van der Waals surface area contributed by atoms with Crippen LogP contribution in [0.15, 0.2) is 60.0 Å². The Hall–Kier alpha value is -3.76. The molecule has 0 aliphatic heterocycles. The molecular weight excluding hydrogens is 468 g/mol. The Bertz CT molecular complexity index is 1120. The standard InChI is InChI=1S/C25H28N4O5S/c26-25-29-20(16-35-25)14-22(30)28-19-8-6-17(7-9-19)12-13-27-15-21(18-4-2-1-3-5-18)34-24(33)11-10-23(31)32/h1-9,16,21,27H,10-15H2,(H2,26,29)(H,28,30)(H,31,32)/t21-/m0/s1. The zero-order chi connectivity index (χ0) is 25.0. The van der Waals surface area contributed by atoms with Crippen molar-refractivity contribution in [1.82, 2.24) is 10.3 Å². The molecule has 0 radical (unpaired) electrons. The van der Waals surface area contributed by atoms with Gasteiger partial charge in [-0.25, -0.2) is 4.98 Å². The Morgan fingerprint density at radius 2 is 1.80 bits per heavy atom. The van der Waals surface area contributed by atoms with Gasteiger partial charge in [0, 0.05) is 17.6 Å². The summed E-state index contributed by atoms with van der Waals surface area (Å²) in [5.74, 6) is -1.74. The number of carboxylic acid groups (broad SMARTS) is 1. The minimum Gasteiger partial charge on any atom is -0.481 e. The number of ether oxygens (including phenoxy) is 1. The van der Waals surface area contributed by atoms with Crippen molar-refractivity contribution in [3.63, 3.8) is 0 Å². The fourth-order valence-corrected chi connectivity index (χ4v) is 3.88. The van der Waals surface area contributed by atoms with Crippen LogP contribution in [0.1, 0.15) is 35.8 Å². The fourth-order valence-electron chi connectivity index (χ4n) is 3.32. The summed E-state index contributed by atoms with van der Waals surface area (Å²) in [5.41, 5.74) is 8.86. The molecule has 0 bridgehead atoms. The van der Waals surface area contributed by atoms with Gasteiger partial charge < -0.3 is 26.2 Å². The van der Waals surface area contributed by atoms with Crippen LogP contribution in [-0.2, 0) is 32.0 Å². The van der Waals surface area contributed by atoms with Gasteiger partial charge in [0.15, 0.2) is 5.13 Å². The number of benzene rings is 2. The molecule has 0 saturated carbocycles. The molecule has 0 aliphatic carbocycles. The number of hydrogen-bond donors (Lipinski definition) is 4. The average molecular weight is 497 g/mol. The van der Waals surface area contributed by atoms with Crippen molar-refractivity contribution in [2.45, 2.75) is 31.8 Å². The highest BCUT2D eigenvalue weighted by Gasteiger charge is 2.17. The molecule has 1 aromatic heterocycles. The average Bonchev–Trinajstić information content (AvgIpc) is 3.25. The van der Waals surface area contributed by atoms with E-state index in [2.05, 4.69) is 15.6 Å². The van der Waals surface area contributed by atoms with E-state index in [4.69, 9.17) is 15.6 Å². The van der Waals surface area contributed by atoms with Crippen LogP contribution in [0.3, 0.4) is 0 Å². The summed E-state index contributed by atoms with van der Waals surface area (Å²) in [7, 11) is 0. The topological polar surface area (TPSA) is 144 Å². The van der Waals surface area contributed by atoms with Gasteiger partial charge >= 0.3 is 11.9 Å². The molecule has 5 N–H and O–H groups in total. The lowest BCUT2D eigenvalue weighted by atomic mass is 10.1. The first-order valence-corrected chi connectivity index (χ1v) is 12.0. The van der Waals surface area contributed by atoms with Gasteiger partial charge in [-0.05, 0) is 36.2 Å². The Labute approximate surface area is 207 Å². The molecule has 10 heteroatoms. The summed E-state index contributed by atoms with van der Waals surface area (Å²) < 4.78 is 5.52. The Morgan fingerprint density at radius 3 is 2.46 bits per heavy atom. The summed E-state index contributed by atoms with van der Waals surface area (Å²) in [6, 6.07) is 16.9. The fraction of sp³-hybridized carbons (Fsp3) is 0.280. The van der Waals surface area contributed by atoms with E-state index in [9.17, 15) is 14.4 Å². The molecule has 1 atom stereocenters. The normalized spacial score (nSPS) is 11.5. The highest BCUT2D eigenvalue weighted by molar-refractivity contribution is 7.13. The lowest BCUT2D eigenvalue weighted by molar-refractivity contribution is -0.152. The van der Waals surface area contributed by atoms with Crippen LogP contribution in [0.25, 0.3) is 0 Å². The smallest absolute Gasteiger partial charge is 0.307 e. The summed E-state index contributed by atoms with van der Waals surface area (Å²) in [5, 5.41) is 17.1. The molecule has 3 rings (SSSR count). The van der Waals surface area contributed by atoms with Crippen LogP contribution < -0.4 is 16.4 Å². The second-order valence-electron chi connectivity index (χ2n) is 7.84. The molecule has 35 heavy (non-hydrogen) atoms. The predicted octanol–water partition coefficient (Wildman–Crippen LogP) is 3.19. The number of nitrogens with one attached hydrogen (secondary N) is 2. The van der Waals surface area contributed by atoms with Crippen LogP contribution in [0.2, 0.25) is 0 Å². The van der Waals surface area contributed by atoms with E-state index in [0.29, 0.717) is 29.6 Å². The molecule has 0 unspecified atom stereocenters. The largest absolute Gasteiger partial charge is 0.481 e. The van der Waals surface area contributed by atoms with E-state index in [1.165, 1.54) is 11.3 Å². The zero-order valence-electron chi connectivity index (χ0n) is 19.1. The number of anilines is 2. The third kappa shape index (κ3) is 9.19. The molecule has 1 amide bonds. The van der Waals surface area contributed by atoms with Crippen LogP contribution in [-0.4, -0.2) is 41.0 Å². The monoisotopic (exact) mass is 496 g/mol. The number of amides is 1. The van der Waals surface area contributed by atoms with Crippen LogP contribution in [0, 0.1) is 0 Å². The van der Waals surface area contributed by atoms with E-state index in [1.807, 2.05) is 54.6 Å². The molecule has 1 heterocycles. The van der Waals surface area contributed by atoms with Gasteiger partial charge in [0.2, 0.25) is 5.91 Å². The number of nitrogens with zero attached hydrogens (tertiary/aromatic N) is 1. The number of carboxylic acids is 1. The molecule has 0 saturated heterocycles. The molecule has 3 aromatic rings. The summed E-state index contributed by atoms with van der Waals surface area (Å²) in [4.78, 5) is 39.0. The second-order valence-corrected chi connectivity index (χ2v) is 8.73. The number of aliphatic carboxylic acids is 1. The first kappa shape index (κ1) is 25.9. The maximum absolute atomic E-state index is 12.2. The van der Waals surface area contributed by atoms with E-state index >= 15 is 0 Å². The van der Waals surface area contributed by atoms with Crippen molar-refractivity contribution in [3.05, 3.63) is 76.8 Å². The Kier molecular flexibility index (Phi) is 9.76. The van der Waals surface area contributed by atoms with Crippen molar-refractivity contribution in [3.8, 4) is 0 Å². The third-order valence-corrected chi connectivity index (χ3v) is 5.78. The number of nitrogens with two attached hydrogens (primary N) is 1. The van der Waals surface area contributed by atoms with Gasteiger partial charge in [0.25, 0.3) is 0 Å². The van der Waals surface area contributed by atoms with Gasteiger partial charge in [0.1, 0.15) is 6.10 Å². The number of nitrogen functional groups attached to an aromatic ring is 1. The van der Waals surface area contributed by atoms with Crippen LogP contribution in [0.5, 0.6) is 0 Å². The zero-order valence-corrected chi connectivity index (χ0v) is 19.9. The number of hydrogen-bond acceptors (Lipinski definition) is 8. The highest BCUT2D eigenvalue weighted by atomic mass is 32.1. The van der Waals surface area contributed by atoms with E-state index in [0.717, 1.165) is 17.5 Å². The van der Waals surface area contributed by atoms with E-state index in [1.54, 1.807) is 5.38 Å². The SMILES string of the molecule is Nc1nc(CC(=O)Nc2ccc(CCNC[C@H](OC(=O)CCC(=O)O)c3ccccc3)cc2)cs1. The van der Waals surface area contributed by atoms with Crippen molar-refractivity contribution in [2.24, 2.45) is 0 Å². The van der Waals surface area contributed by atoms with Crippen molar-refractivity contribution in [2.75, 3.05) is 24.1 Å². The van der Waals surface area contributed by atoms with Crippen LogP contribution >= 0.6 is 11.3 Å². The number of esters is 1. The summed E-state index contributed by atoms with van der Waals surface area (Å²) in [6.07, 6.45) is -0.0321. The predicted molar refractivity (Wildman–Crippen MR) is 134 cm³/mol. The summed E-state index contributed by atoms with van der Waals surface area (Å²) >= 11 is 1.31. The third-order valence-electron chi connectivity index (χ3n) is 5.06. The quantitative estimate of drug-likeness (QED) is 0.209. The molecule has 9 nitrogen and oxygen atoms in total. The van der Waals surface area contributed by atoms with Gasteiger partial charge in [-0.1, -0.05) is 42.5 Å². The lowest BCUT2D eigenvalue weighted by Crippen LogP contribution is -2.27. The first-order chi connectivity index (χ1) is 16.9. The van der Waals surface area contributed by atoms with Gasteiger partial charge in [-0.15, -0.1) is 11.3 Å². The van der Waals surface area contributed by atoms with Gasteiger partial charge in [-0.3, -0.25) is 14.4 Å². The van der Waals surface area contributed by atoms with Crippen molar-refractivity contribution >= 4 is 40.0 Å². The Morgan fingerprint density at radius 1 is 1.06 bits per heavy atom. The number of carbonyl (C=O) groups is 3. The minimum absolute atomic E-state index is 0.158. The number of rotatable bonds is 13. The molecule has 2 aromatic carbocycles. The first-order valence-electron chi connectivity index (χ1n) is 11.1. The maximum atomic E-state index is 12.2. The summed E-state index contributed by atoms with van der Waals surface area (Å²) in [6.45, 7) is 1.05. The maximum Gasteiger partial charge on any atom is 0.307 e. The highest BCUT2D eigenvalue weighted by Crippen LogP contribution is 2.18. The van der Waals surface area contributed by atoms with Gasteiger partial charge in [0.05, 0.1) is 25.0 Å². The number of carbonyl (C=O) groups excluding carboxylic acids is 2. The van der Waals surface area contributed by atoms with E-state index in [-0.39, 0.29) is 25.2 Å². The van der Waals surface area contributed by atoms with Gasteiger partial charge in [-0.2, -0.15) is 0 Å². The molecule has 0 spiro atoms. The number of aromatic nitrogens is 1. The Balaban J connectivity index is 1.44. The molecular formula is C25H28N4O5S. The second kappa shape index (κ2) is 13.2. The van der Waals surface area contributed by atoms with E-state index < -0.39 is 18.0 Å². The van der Waals surface area contributed by atoms with Crippen molar-refractivity contribution < 1.29 is 24.2 Å². The number of thiazole rings is 1. The lowest BCUT2D eigenvalue weighted by Gasteiger charge is -2.19. The van der Waals surface area contributed by atoms with Crippen molar-refractivity contribution in [1.29, 1.82) is 0 Å². The molecule has 0 aliphatic rings. The molecule has 0 fully saturated rings. The van der Waals surface area contributed by atoms with Crippen LogP contribution in [0.4, 0.5) is 10.8 Å². The molecule has 184 valence electrons.